The van der Waals surface area contributed by atoms with Gasteiger partial charge >= 0.3 is 0 Å². The summed E-state index contributed by atoms with van der Waals surface area (Å²) in [5.74, 6) is -1.35. The third kappa shape index (κ3) is 4.69. The second-order valence-corrected chi connectivity index (χ2v) is 12.7. The first-order chi connectivity index (χ1) is 19.1. The van der Waals surface area contributed by atoms with Gasteiger partial charge < -0.3 is 19.9 Å². The Morgan fingerprint density at radius 1 is 1.15 bits per heavy atom. The Kier molecular flexibility index (Phi) is 6.91. The largest absolute Gasteiger partial charge is 0.369 e. The summed E-state index contributed by atoms with van der Waals surface area (Å²) in [6.45, 7) is 3.81. The molecule has 2 N–H and O–H groups in total. The highest BCUT2D eigenvalue weighted by molar-refractivity contribution is 7.22. The molecule has 5 aliphatic rings. The number of nitrogens with one attached hydrogen (secondary N) is 2. The smallest absolute Gasteiger partial charge is 0.262 e. The van der Waals surface area contributed by atoms with Crippen molar-refractivity contribution in [3.05, 3.63) is 36.0 Å². The van der Waals surface area contributed by atoms with Crippen LogP contribution in [0.1, 0.15) is 44.9 Å². The first-order valence-corrected chi connectivity index (χ1v) is 15.3. The highest BCUT2D eigenvalue weighted by Gasteiger charge is 2.58. The Labute approximate surface area is 232 Å². The number of hydrogen-bond acceptors (Lipinski definition) is 8. The maximum Gasteiger partial charge on any atom is 0.262 e. The zero-order valence-corrected chi connectivity index (χ0v) is 22.9. The Balaban J connectivity index is 1.15. The maximum atomic E-state index is 15.8. The number of aromatic nitrogens is 1. The molecule has 1 aromatic heterocycles. The second kappa shape index (κ2) is 10.5. The van der Waals surface area contributed by atoms with Crippen LogP contribution in [-0.4, -0.2) is 89.2 Å². The number of fused-ring (bicyclic) bond motifs is 3. The minimum absolute atomic E-state index is 0.0214. The average molecular weight is 554 g/mol. The molecule has 7 rings (SSSR count). The molecular formula is C29H36FN5O3S. The van der Waals surface area contributed by atoms with Gasteiger partial charge in [0.15, 0.2) is 10.9 Å². The SMILES string of the molecule is O=C(Nc1nc2ccccc2s1)C1=CN2C3CCCCC3OC3C(NCCN4CCCC4)C(F)CC(C1=O)C32. The molecule has 1 aromatic carbocycles. The van der Waals surface area contributed by atoms with E-state index in [0.717, 1.165) is 55.5 Å². The van der Waals surface area contributed by atoms with Crippen molar-refractivity contribution in [2.45, 2.75) is 81.5 Å². The van der Waals surface area contributed by atoms with Crippen molar-refractivity contribution < 1.29 is 18.7 Å². The number of rotatable bonds is 6. The van der Waals surface area contributed by atoms with Crippen LogP contribution >= 0.6 is 11.3 Å². The Hall–Kier alpha value is -2.40. The number of ketones is 1. The quantitative estimate of drug-likeness (QED) is 0.530. The Morgan fingerprint density at radius 3 is 2.82 bits per heavy atom. The van der Waals surface area contributed by atoms with Crippen LogP contribution < -0.4 is 10.6 Å². The fraction of sp³-hybridized carbons (Fsp3) is 0.621. The third-order valence-corrected chi connectivity index (χ3v) is 10.3. The van der Waals surface area contributed by atoms with Crippen LogP contribution in [0, 0.1) is 5.92 Å². The van der Waals surface area contributed by atoms with Gasteiger partial charge in [0.05, 0.1) is 46.1 Å². The van der Waals surface area contributed by atoms with Crippen molar-refractivity contribution in [1.29, 1.82) is 0 Å². The molecule has 39 heavy (non-hydrogen) atoms. The van der Waals surface area contributed by atoms with Gasteiger partial charge in [-0.2, -0.15) is 0 Å². The minimum Gasteiger partial charge on any atom is -0.369 e. The molecule has 4 fully saturated rings. The van der Waals surface area contributed by atoms with Gasteiger partial charge in [-0.15, -0.1) is 0 Å². The lowest BCUT2D eigenvalue weighted by Crippen LogP contribution is -2.72. The summed E-state index contributed by atoms with van der Waals surface area (Å²) >= 11 is 1.38. The molecule has 0 radical (unpaired) electrons. The van der Waals surface area contributed by atoms with Gasteiger partial charge in [0.1, 0.15) is 6.17 Å². The molecule has 0 spiro atoms. The van der Waals surface area contributed by atoms with E-state index < -0.39 is 30.1 Å². The van der Waals surface area contributed by atoms with Crippen molar-refractivity contribution in [3.8, 4) is 0 Å². The number of carbonyl (C=O) groups is 2. The van der Waals surface area contributed by atoms with Crippen molar-refractivity contribution >= 4 is 38.4 Å². The standard InChI is InChI=1S/C29H36FN5O3S/c30-19-15-17-25-27(24(19)31-11-14-34-12-5-6-13-34)38-22-9-3-2-8-21(22)35(25)16-18(26(17)36)28(37)33-29-32-20-7-1-4-10-23(20)39-29/h1,4,7,10,16-17,19,21-22,24-25,27,31H,2-3,5-6,8-9,11-15H2,(H,32,33,37). The first-order valence-electron chi connectivity index (χ1n) is 14.5. The lowest BCUT2D eigenvalue weighted by atomic mass is 9.69. The number of Topliss-reactive ketones (excluding diaryl/α,β-unsaturated/α-hetero) is 1. The van der Waals surface area contributed by atoms with Crippen LogP contribution in [0.5, 0.6) is 0 Å². The summed E-state index contributed by atoms with van der Waals surface area (Å²) in [4.78, 5) is 36.4. The molecule has 10 heteroatoms. The number of hydrogen-bond donors (Lipinski definition) is 2. The predicted molar refractivity (Wildman–Crippen MR) is 148 cm³/mol. The van der Waals surface area contributed by atoms with Crippen LogP contribution in [0.15, 0.2) is 36.0 Å². The summed E-state index contributed by atoms with van der Waals surface area (Å²) < 4.78 is 23.5. The molecule has 2 saturated heterocycles. The van der Waals surface area contributed by atoms with Gasteiger partial charge in [-0.25, -0.2) is 9.37 Å². The summed E-state index contributed by atoms with van der Waals surface area (Å²) in [6, 6.07) is 7.07. The number of morpholine rings is 1. The minimum atomic E-state index is -1.22. The third-order valence-electron chi connectivity index (χ3n) is 9.34. The molecular weight excluding hydrogens is 517 g/mol. The summed E-state index contributed by atoms with van der Waals surface area (Å²) in [5, 5.41) is 6.81. The van der Waals surface area contributed by atoms with Gasteiger partial charge in [-0.1, -0.05) is 36.3 Å². The molecule has 7 unspecified atom stereocenters. The number of likely N-dealkylation sites (tertiary alicyclic amines) is 1. The molecule has 7 atom stereocenters. The number of carbonyl (C=O) groups excluding carboxylic acids is 2. The van der Waals surface area contributed by atoms with Crippen molar-refractivity contribution in [2.75, 3.05) is 31.5 Å². The van der Waals surface area contributed by atoms with E-state index in [-0.39, 0.29) is 36.0 Å². The number of thiazole rings is 1. The van der Waals surface area contributed by atoms with Crippen LogP contribution in [0.4, 0.5) is 9.52 Å². The fourth-order valence-electron chi connectivity index (χ4n) is 7.48. The van der Waals surface area contributed by atoms with Crippen LogP contribution in [0.2, 0.25) is 0 Å². The van der Waals surface area contributed by atoms with E-state index >= 15 is 4.39 Å². The number of anilines is 1. The monoisotopic (exact) mass is 553 g/mol. The summed E-state index contributed by atoms with van der Waals surface area (Å²) in [5.41, 5.74) is 0.909. The van der Waals surface area contributed by atoms with Crippen molar-refractivity contribution in [3.63, 3.8) is 0 Å². The van der Waals surface area contributed by atoms with Gasteiger partial charge in [0.2, 0.25) is 0 Å². The molecule has 208 valence electrons. The van der Waals surface area contributed by atoms with Gasteiger partial charge in [0, 0.05) is 25.2 Å². The van der Waals surface area contributed by atoms with Crippen LogP contribution in [-0.2, 0) is 14.3 Å². The topological polar surface area (TPSA) is 86.8 Å². The molecule has 1 amide bonds. The summed E-state index contributed by atoms with van der Waals surface area (Å²) in [6.07, 6.45) is 6.69. The van der Waals surface area contributed by atoms with Gasteiger partial charge in [-0.05, 0) is 57.3 Å². The fourth-order valence-corrected chi connectivity index (χ4v) is 8.34. The zero-order valence-electron chi connectivity index (χ0n) is 22.1. The summed E-state index contributed by atoms with van der Waals surface area (Å²) in [7, 11) is 0. The van der Waals surface area contributed by atoms with E-state index in [1.54, 1.807) is 6.20 Å². The number of amides is 1. The van der Waals surface area contributed by atoms with E-state index in [0.29, 0.717) is 11.7 Å². The van der Waals surface area contributed by atoms with Gasteiger partial charge in [-0.3, -0.25) is 14.9 Å². The molecule has 0 bridgehead atoms. The number of benzene rings is 1. The number of nitrogens with zero attached hydrogens (tertiary/aromatic N) is 3. The van der Waals surface area contributed by atoms with E-state index in [1.165, 1.54) is 24.2 Å². The number of ether oxygens (including phenoxy) is 1. The highest BCUT2D eigenvalue weighted by atomic mass is 32.1. The molecule has 2 saturated carbocycles. The molecule has 4 heterocycles. The predicted octanol–water partition coefficient (Wildman–Crippen LogP) is 3.49. The van der Waals surface area contributed by atoms with Crippen LogP contribution in [0.3, 0.4) is 0 Å². The lowest BCUT2D eigenvalue weighted by Gasteiger charge is -2.59. The molecule has 3 aliphatic heterocycles. The van der Waals surface area contributed by atoms with Crippen molar-refractivity contribution in [2.24, 2.45) is 5.92 Å². The highest BCUT2D eigenvalue weighted by Crippen LogP contribution is 2.45. The van der Waals surface area contributed by atoms with E-state index in [2.05, 4.69) is 25.4 Å². The normalized spacial score (nSPS) is 34.5. The Morgan fingerprint density at radius 2 is 1.97 bits per heavy atom. The molecule has 8 nitrogen and oxygen atoms in total. The average Bonchev–Trinajstić information content (AvgIpc) is 3.61. The zero-order chi connectivity index (χ0) is 26.5. The second-order valence-electron chi connectivity index (χ2n) is 11.7. The van der Waals surface area contributed by atoms with Crippen molar-refractivity contribution in [1.82, 2.24) is 20.1 Å². The van der Waals surface area contributed by atoms with E-state index in [9.17, 15) is 9.59 Å². The maximum absolute atomic E-state index is 15.8. The number of para-hydroxylation sites is 1. The Bertz CT molecular complexity index is 1250. The lowest BCUT2D eigenvalue weighted by molar-refractivity contribution is -0.197. The number of alkyl halides is 1. The first kappa shape index (κ1) is 25.6. The van der Waals surface area contributed by atoms with E-state index in [1.807, 2.05) is 24.3 Å². The van der Waals surface area contributed by atoms with Crippen LogP contribution in [0.25, 0.3) is 10.2 Å². The number of halogens is 1. The molecule has 2 aliphatic carbocycles. The van der Waals surface area contributed by atoms with E-state index in [4.69, 9.17) is 4.74 Å². The molecule has 2 aromatic rings. The van der Waals surface area contributed by atoms with Gasteiger partial charge in [0.25, 0.3) is 5.91 Å².